The fourth-order valence-electron chi connectivity index (χ4n) is 1.35. The van der Waals surface area contributed by atoms with Crippen molar-refractivity contribution in [1.82, 2.24) is 0 Å². The van der Waals surface area contributed by atoms with E-state index in [0.717, 1.165) is 16.9 Å². The van der Waals surface area contributed by atoms with E-state index < -0.39 is 6.10 Å². The first kappa shape index (κ1) is 12.6. The Labute approximate surface area is 96.3 Å². The molecule has 0 aliphatic carbocycles. The summed E-state index contributed by atoms with van der Waals surface area (Å²) in [4.78, 5) is 0. The number of ether oxygens (including phenoxy) is 2. The summed E-state index contributed by atoms with van der Waals surface area (Å²) in [6.07, 6.45) is 1.05. The van der Waals surface area contributed by atoms with Gasteiger partial charge in [0.1, 0.15) is 17.8 Å². The minimum atomic E-state index is -0.491. The summed E-state index contributed by atoms with van der Waals surface area (Å²) in [5.41, 5.74) is 1.86. The Morgan fingerprint density at radius 1 is 1.44 bits per heavy atom. The van der Waals surface area contributed by atoms with Crippen molar-refractivity contribution >= 4 is 0 Å². The normalized spacial score (nSPS) is 13.4. The van der Waals surface area contributed by atoms with Gasteiger partial charge in [0.15, 0.2) is 0 Å². The molecule has 0 saturated carbocycles. The second-order valence-electron chi connectivity index (χ2n) is 3.77. The van der Waals surface area contributed by atoms with Crippen molar-refractivity contribution in [1.29, 1.82) is 0 Å². The van der Waals surface area contributed by atoms with E-state index in [1.807, 2.05) is 32.0 Å². The molecule has 3 heteroatoms. The van der Waals surface area contributed by atoms with Gasteiger partial charge in [-0.2, -0.15) is 0 Å². The lowest BCUT2D eigenvalue weighted by Crippen LogP contribution is -1.97. The summed E-state index contributed by atoms with van der Waals surface area (Å²) >= 11 is 0. The first-order valence-corrected chi connectivity index (χ1v) is 5.20. The van der Waals surface area contributed by atoms with E-state index >= 15 is 0 Å². The van der Waals surface area contributed by atoms with Crippen molar-refractivity contribution in [2.75, 3.05) is 7.11 Å². The van der Waals surface area contributed by atoms with Gasteiger partial charge < -0.3 is 14.6 Å². The van der Waals surface area contributed by atoms with Crippen LogP contribution in [0.1, 0.15) is 31.1 Å². The second-order valence-corrected chi connectivity index (χ2v) is 3.77. The van der Waals surface area contributed by atoms with E-state index in [2.05, 4.69) is 0 Å². The number of aliphatic hydroxyl groups is 1. The van der Waals surface area contributed by atoms with Gasteiger partial charge >= 0.3 is 0 Å². The Morgan fingerprint density at radius 2 is 2.12 bits per heavy atom. The molecule has 1 N–H and O–H groups in total. The average molecular weight is 222 g/mol. The Hall–Kier alpha value is -1.48. The predicted octanol–water partition coefficient (Wildman–Crippen LogP) is 2.93. The largest absolute Gasteiger partial charge is 0.501 e. The van der Waals surface area contributed by atoms with Crippen LogP contribution in [-0.4, -0.2) is 12.2 Å². The number of methoxy groups -OCH3 is 1. The maximum atomic E-state index is 9.48. The molecule has 0 aliphatic rings. The molecule has 0 aliphatic heterocycles. The number of allylic oxidation sites excluding steroid dienone is 1. The van der Waals surface area contributed by atoms with Crippen LogP contribution in [0.4, 0.5) is 0 Å². The van der Waals surface area contributed by atoms with Crippen LogP contribution in [0.5, 0.6) is 5.75 Å². The average Bonchev–Trinajstić information content (AvgIpc) is 2.21. The van der Waals surface area contributed by atoms with Crippen LogP contribution in [0.2, 0.25) is 0 Å². The van der Waals surface area contributed by atoms with Crippen LogP contribution in [0, 0.1) is 6.92 Å². The monoisotopic (exact) mass is 222 g/mol. The van der Waals surface area contributed by atoms with Crippen molar-refractivity contribution in [3.8, 4) is 5.75 Å². The number of hydrogen-bond donors (Lipinski definition) is 1. The summed E-state index contributed by atoms with van der Waals surface area (Å²) in [5, 5.41) is 9.48. The number of benzene rings is 1. The van der Waals surface area contributed by atoms with E-state index in [-0.39, 0.29) is 0 Å². The van der Waals surface area contributed by atoms with Gasteiger partial charge in [0.2, 0.25) is 0 Å². The van der Waals surface area contributed by atoms with Crippen LogP contribution in [0.25, 0.3) is 0 Å². The molecule has 0 bridgehead atoms. The highest BCUT2D eigenvalue weighted by Crippen LogP contribution is 2.24. The van der Waals surface area contributed by atoms with Crippen molar-refractivity contribution in [3.63, 3.8) is 0 Å². The van der Waals surface area contributed by atoms with Gasteiger partial charge in [0, 0.05) is 0 Å². The van der Waals surface area contributed by atoms with E-state index in [1.165, 1.54) is 6.26 Å². The molecular formula is C13H18O3. The standard InChI is InChI=1S/C13H18O3/c1-9-5-6-12(11(3)14)7-13(9)16-10(2)8-15-4/h5-8,11,14H,1-4H3/b10-8+. The number of hydrogen-bond acceptors (Lipinski definition) is 3. The van der Waals surface area contributed by atoms with Crippen LogP contribution in [-0.2, 0) is 4.74 Å². The van der Waals surface area contributed by atoms with Gasteiger partial charge in [-0.15, -0.1) is 0 Å². The zero-order chi connectivity index (χ0) is 12.1. The summed E-state index contributed by atoms with van der Waals surface area (Å²) in [6.45, 7) is 5.51. The predicted molar refractivity (Wildman–Crippen MR) is 63.2 cm³/mol. The van der Waals surface area contributed by atoms with E-state index in [4.69, 9.17) is 9.47 Å². The number of aliphatic hydroxyl groups excluding tert-OH is 1. The lowest BCUT2D eigenvalue weighted by atomic mass is 10.1. The third-order valence-corrected chi connectivity index (χ3v) is 2.25. The molecule has 0 saturated heterocycles. The van der Waals surface area contributed by atoms with Gasteiger partial charge in [-0.05, 0) is 38.0 Å². The summed E-state index contributed by atoms with van der Waals surface area (Å²) in [6, 6.07) is 5.66. The molecule has 1 rings (SSSR count). The summed E-state index contributed by atoms with van der Waals surface area (Å²) in [5.74, 6) is 1.41. The van der Waals surface area contributed by atoms with E-state index in [1.54, 1.807) is 14.0 Å². The third kappa shape index (κ3) is 3.28. The molecule has 0 amide bonds. The Balaban J connectivity index is 2.94. The molecule has 3 nitrogen and oxygen atoms in total. The quantitative estimate of drug-likeness (QED) is 0.796. The van der Waals surface area contributed by atoms with Crippen molar-refractivity contribution in [2.24, 2.45) is 0 Å². The number of aryl methyl sites for hydroxylation is 1. The zero-order valence-electron chi connectivity index (χ0n) is 10.2. The molecule has 0 spiro atoms. The van der Waals surface area contributed by atoms with E-state index in [0.29, 0.717) is 5.76 Å². The van der Waals surface area contributed by atoms with Crippen molar-refractivity contribution in [2.45, 2.75) is 26.9 Å². The molecule has 16 heavy (non-hydrogen) atoms. The third-order valence-electron chi connectivity index (χ3n) is 2.25. The maximum Gasteiger partial charge on any atom is 0.135 e. The maximum absolute atomic E-state index is 9.48. The molecule has 0 aromatic heterocycles. The smallest absolute Gasteiger partial charge is 0.135 e. The minimum absolute atomic E-state index is 0.491. The van der Waals surface area contributed by atoms with Crippen LogP contribution in [0.15, 0.2) is 30.2 Å². The molecule has 1 aromatic carbocycles. The topological polar surface area (TPSA) is 38.7 Å². The van der Waals surface area contributed by atoms with Gasteiger partial charge in [-0.25, -0.2) is 0 Å². The fraction of sp³-hybridized carbons (Fsp3) is 0.385. The fourth-order valence-corrected chi connectivity index (χ4v) is 1.35. The molecule has 0 fully saturated rings. The van der Waals surface area contributed by atoms with Crippen LogP contribution in [0.3, 0.4) is 0 Å². The highest BCUT2D eigenvalue weighted by atomic mass is 16.5. The molecule has 1 aromatic rings. The first-order chi connectivity index (χ1) is 7.54. The molecule has 0 heterocycles. The molecule has 0 radical (unpaired) electrons. The highest BCUT2D eigenvalue weighted by Gasteiger charge is 2.06. The molecule has 1 unspecified atom stereocenters. The summed E-state index contributed by atoms with van der Waals surface area (Å²) < 4.78 is 10.5. The molecule has 88 valence electrons. The Bertz CT molecular complexity index is 381. The summed E-state index contributed by atoms with van der Waals surface area (Å²) in [7, 11) is 1.58. The Morgan fingerprint density at radius 3 is 2.69 bits per heavy atom. The minimum Gasteiger partial charge on any atom is -0.501 e. The van der Waals surface area contributed by atoms with Crippen LogP contribution < -0.4 is 4.74 Å². The lowest BCUT2D eigenvalue weighted by molar-refractivity contribution is 0.199. The van der Waals surface area contributed by atoms with Gasteiger partial charge in [0.05, 0.1) is 13.2 Å². The first-order valence-electron chi connectivity index (χ1n) is 5.20. The van der Waals surface area contributed by atoms with Crippen LogP contribution >= 0.6 is 0 Å². The van der Waals surface area contributed by atoms with Gasteiger partial charge in [-0.3, -0.25) is 0 Å². The second kappa shape index (κ2) is 5.56. The van der Waals surface area contributed by atoms with E-state index in [9.17, 15) is 5.11 Å². The number of rotatable bonds is 4. The van der Waals surface area contributed by atoms with Gasteiger partial charge in [-0.1, -0.05) is 12.1 Å². The van der Waals surface area contributed by atoms with Crippen molar-refractivity contribution in [3.05, 3.63) is 41.3 Å². The SMILES string of the molecule is CO/C=C(\C)Oc1cc(C(C)O)ccc1C. The zero-order valence-corrected chi connectivity index (χ0v) is 10.2. The molecule has 1 atom stereocenters. The van der Waals surface area contributed by atoms with Gasteiger partial charge in [0.25, 0.3) is 0 Å². The lowest BCUT2D eigenvalue weighted by Gasteiger charge is -2.12. The Kier molecular flexibility index (Phi) is 4.38. The van der Waals surface area contributed by atoms with Crippen molar-refractivity contribution < 1.29 is 14.6 Å². The highest BCUT2D eigenvalue weighted by molar-refractivity contribution is 5.38. The molecular weight excluding hydrogens is 204 g/mol.